The summed E-state index contributed by atoms with van der Waals surface area (Å²) in [5, 5.41) is 6.72. The number of carbonyl (C=O) groups excluding carboxylic acids is 2. The smallest absolute Gasteiger partial charge is 0.243 e. The molecule has 1 aliphatic rings. The molecule has 0 saturated carbocycles. The Hall–Kier alpha value is -3.08. The van der Waals surface area contributed by atoms with Gasteiger partial charge in [-0.2, -0.15) is 0 Å². The Bertz CT molecular complexity index is 884. The summed E-state index contributed by atoms with van der Waals surface area (Å²) in [6.45, 7) is 0. The van der Waals surface area contributed by atoms with Crippen LogP contribution in [0.1, 0.15) is 30.2 Å². The minimum Gasteiger partial charge on any atom is -0.459 e. The molecule has 2 amide bonds. The molecule has 2 heterocycles. The summed E-state index contributed by atoms with van der Waals surface area (Å²) in [4.78, 5) is 24.0. The highest BCUT2D eigenvalue weighted by atomic mass is 16.3. The lowest BCUT2D eigenvalue weighted by molar-refractivity contribution is -0.126. The Morgan fingerprint density at radius 2 is 1.88 bits per heavy atom. The van der Waals surface area contributed by atoms with Gasteiger partial charge in [0.05, 0.1) is 0 Å². The van der Waals surface area contributed by atoms with Crippen molar-refractivity contribution in [3.8, 4) is 0 Å². The number of amides is 2. The number of hydrogen-bond donors (Lipinski definition) is 2. The maximum Gasteiger partial charge on any atom is 0.243 e. The van der Waals surface area contributed by atoms with Crippen LogP contribution in [0.25, 0.3) is 11.0 Å². The molecule has 0 spiro atoms. The number of furan rings is 1. The molecule has 0 unspecified atom stereocenters. The molecular formula is C20H18N2O3. The van der Waals surface area contributed by atoms with Gasteiger partial charge in [0.25, 0.3) is 0 Å². The normalized spacial score (nSPS) is 18.1. The molecule has 1 saturated heterocycles. The molecule has 1 fully saturated rings. The van der Waals surface area contributed by atoms with Crippen LogP contribution in [0.4, 0.5) is 0 Å². The van der Waals surface area contributed by atoms with E-state index < -0.39 is 12.1 Å². The molecule has 0 radical (unpaired) electrons. The summed E-state index contributed by atoms with van der Waals surface area (Å²) in [6.07, 6.45) is 0.908. The topological polar surface area (TPSA) is 71.3 Å². The second kappa shape index (κ2) is 6.43. The van der Waals surface area contributed by atoms with Gasteiger partial charge in [0.1, 0.15) is 23.4 Å². The van der Waals surface area contributed by atoms with E-state index in [-0.39, 0.29) is 11.8 Å². The number of carbonyl (C=O) groups is 2. The number of hydrogen-bond acceptors (Lipinski definition) is 3. The van der Waals surface area contributed by atoms with E-state index in [1.165, 1.54) is 0 Å². The lowest BCUT2D eigenvalue weighted by atomic mass is 10.0. The fourth-order valence-electron chi connectivity index (χ4n) is 3.16. The molecule has 3 aromatic rings. The van der Waals surface area contributed by atoms with Gasteiger partial charge in [0.15, 0.2) is 0 Å². The molecule has 2 atom stereocenters. The quantitative estimate of drug-likeness (QED) is 0.771. The third-order valence-corrected chi connectivity index (χ3v) is 4.46. The van der Waals surface area contributed by atoms with Gasteiger partial charge in [-0.3, -0.25) is 9.59 Å². The van der Waals surface area contributed by atoms with Crippen molar-refractivity contribution in [1.82, 2.24) is 10.6 Å². The Balaban J connectivity index is 1.67. The molecule has 1 aliphatic heterocycles. The molecule has 4 rings (SSSR count). The Morgan fingerprint density at radius 1 is 1.12 bits per heavy atom. The van der Waals surface area contributed by atoms with Crippen LogP contribution in [0.3, 0.4) is 0 Å². The molecule has 1 aromatic heterocycles. The predicted octanol–water partition coefficient (Wildman–Crippen LogP) is 2.92. The third kappa shape index (κ3) is 3.13. The van der Waals surface area contributed by atoms with Crippen molar-refractivity contribution in [1.29, 1.82) is 0 Å². The average molecular weight is 334 g/mol. The van der Waals surface area contributed by atoms with Gasteiger partial charge in [0, 0.05) is 11.8 Å². The second-order valence-electron chi connectivity index (χ2n) is 6.20. The minimum atomic E-state index is -0.483. The van der Waals surface area contributed by atoms with E-state index in [2.05, 4.69) is 10.6 Å². The SMILES string of the molecule is O=C1CC[C@H](C(=O)N[C@@H](c2ccccc2)c2cc3ccccc3o2)N1. The summed E-state index contributed by atoms with van der Waals surface area (Å²) in [7, 11) is 0. The van der Waals surface area contributed by atoms with E-state index in [1.54, 1.807) is 0 Å². The predicted molar refractivity (Wildman–Crippen MR) is 93.8 cm³/mol. The zero-order valence-electron chi connectivity index (χ0n) is 13.6. The summed E-state index contributed by atoms with van der Waals surface area (Å²) in [6, 6.07) is 18.5. The largest absolute Gasteiger partial charge is 0.459 e. The first-order valence-electron chi connectivity index (χ1n) is 8.34. The number of para-hydroxylation sites is 1. The molecule has 2 N–H and O–H groups in total. The molecule has 5 heteroatoms. The minimum absolute atomic E-state index is 0.0832. The van der Waals surface area contributed by atoms with Crippen LogP contribution < -0.4 is 10.6 Å². The van der Waals surface area contributed by atoms with Crippen molar-refractivity contribution in [2.45, 2.75) is 24.9 Å². The standard InChI is InChI=1S/C20H18N2O3/c23-18-11-10-15(21-18)20(24)22-19(13-6-2-1-3-7-13)17-12-14-8-4-5-9-16(14)25-17/h1-9,12,15,19H,10-11H2,(H,21,23)(H,22,24)/t15-,19+/m1/s1. The van der Waals surface area contributed by atoms with Crippen LogP contribution in [0.2, 0.25) is 0 Å². The highest BCUT2D eigenvalue weighted by Gasteiger charge is 2.30. The zero-order valence-corrected chi connectivity index (χ0v) is 13.6. The Morgan fingerprint density at radius 3 is 2.60 bits per heavy atom. The van der Waals surface area contributed by atoms with Gasteiger partial charge in [-0.05, 0) is 24.1 Å². The number of nitrogens with one attached hydrogen (secondary N) is 2. The van der Waals surface area contributed by atoms with Crippen LogP contribution in [0.15, 0.2) is 65.1 Å². The molecule has 0 bridgehead atoms. The van der Waals surface area contributed by atoms with E-state index in [1.807, 2.05) is 60.7 Å². The zero-order chi connectivity index (χ0) is 17.2. The van der Waals surface area contributed by atoms with Crippen molar-refractivity contribution in [3.63, 3.8) is 0 Å². The fourth-order valence-corrected chi connectivity index (χ4v) is 3.16. The van der Waals surface area contributed by atoms with E-state index >= 15 is 0 Å². The van der Waals surface area contributed by atoms with E-state index in [9.17, 15) is 9.59 Å². The van der Waals surface area contributed by atoms with Gasteiger partial charge >= 0.3 is 0 Å². The lowest BCUT2D eigenvalue weighted by Crippen LogP contribution is -2.43. The van der Waals surface area contributed by atoms with Crippen LogP contribution in [0, 0.1) is 0 Å². The molecule has 126 valence electrons. The highest BCUT2D eigenvalue weighted by molar-refractivity contribution is 5.91. The molecule has 5 nitrogen and oxygen atoms in total. The van der Waals surface area contributed by atoms with E-state index in [4.69, 9.17) is 4.42 Å². The second-order valence-corrected chi connectivity index (χ2v) is 6.20. The van der Waals surface area contributed by atoms with E-state index in [0.717, 1.165) is 16.5 Å². The number of benzene rings is 2. The molecular weight excluding hydrogens is 316 g/mol. The summed E-state index contributed by atoms with van der Waals surface area (Å²) < 4.78 is 5.97. The maximum absolute atomic E-state index is 12.6. The van der Waals surface area contributed by atoms with Gasteiger partial charge in [-0.1, -0.05) is 48.5 Å². The molecule has 2 aromatic carbocycles. The first kappa shape index (κ1) is 15.4. The Kier molecular flexibility index (Phi) is 3.98. The van der Waals surface area contributed by atoms with Crippen molar-refractivity contribution in [2.75, 3.05) is 0 Å². The van der Waals surface area contributed by atoms with Crippen LogP contribution in [-0.4, -0.2) is 17.9 Å². The maximum atomic E-state index is 12.6. The number of fused-ring (bicyclic) bond motifs is 1. The van der Waals surface area contributed by atoms with Gasteiger partial charge < -0.3 is 15.1 Å². The van der Waals surface area contributed by atoms with Gasteiger partial charge in [-0.25, -0.2) is 0 Å². The molecule has 0 aliphatic carbocycles. The van der Waals surface area contributed by atoms with E-state index in [0.29, 0.717) is 18.6 Å². The summed E-state index contributed by atoms with van der Waals surface area (Å²) in [5.41, 5.74) is 1.71. The summed E-state index contributed by atoms with van der Waals surface area (Å²) >= 11 is 0. The van der Waals surface area contributed by atoms with Gasteiger partial charge in [-0.15, -0.1) is 0 Å². The number of rotatable bonds is 4. The van der Waals surface area contributed by atoms with Crippen molar-refractivity contribution in [3.05, 3.63) is 72.0 Å². The Labute approximate surface area is 145 Å². The van der Waals surface area contributed by atoms with Crippen molar-refractivity contribution >= 4 is 22.8 Å². The van der Waals surface area contributed by atoms with Crippen LogP contribution in [-0.2, 0) is 9.59 Å². The third-order valence-electron chi connectivity index (χ3n) is 4.46. The van der Waals surface area contributed by atoms with Crippen LogP contribution >= 0.6 is 0 Å². The van der Waals surface area contributed by atoms with Gasteiger partial charge in [0.2, 0.25) is 11.8 Å². The fraction of sp³-hybridized carbons (Fsp3) is 0.200. The lowest BCUT2D eigenvalue weighted by Gasteiger charge is -2.19. The monoisotopic (exact) mass is 334 g/mol. The van der Waals surface area contributed by atoms with Crippen molar-refractivity contribution < 1.29 is 14.0 Å². The first-order valence-corrected chi connectivity index (χ1v) is 8.34. The first-order chi connectivity index (χ1) is 12.2. The average Bonchev–Trinajstić information content (AvgIpc) is 3.26. The summed E-state index contributed by atoms with van der Waals surface area (Å²) in [5.74, 6) is 0.394. The van der Waals surface area contributed by atoms with Crippen molar-refractivity contribution in [2.24, 2.45) is 0 Å². The molecule has 25 heavy (non-hydrogen) atoms. The highest BCUT2D eigenvalue weighted by Crippen LogP contribution is 2.28. The van der Waals surface area contributed by atoms with Crippen LogP contribution in [0.5, 0.6) is 0 Å².